The first-order chi connectivity index (χ1) is 8.74. The molecule has 1 unspecified atom stereocenters. The predicted octanol–water partition coefficient (Wildman–Crippen LogP) is 1.12. The smallest absolute Gasteiger partial charge is 0.129 e. The van der Waals surface area contributed by atoms with Gasteiger partial charge in [-0.15, -0.1) is 0 Å². The number of aliphatic hydroxyl groups is 1. The summed E-state index contributed by atoms with van der Waals surface area (Å²) in [7, 11) is 1.84. The summed E-state index contributed by atoms with van der Waals surface area (Å²) in [4.78, 5) is 0. The Morgan fingerprint density at radius 1 is 1.17 bits per heavy atom. The minimum absolute atomic E-state index is 0.530. The van der Waals surface area contributed by atoms with Gasteiger partial charge in [0.1, 0.15) is 11.5 Å². The second kappa shape index (κ2) is 4.44. The molecule has 0 amide bonds. The fourth-order valence-electron chi connectivity index (χ4n) is 3.02. The largest absolute Gasteiger partial charge is 0.493 e. The van der Waals surface area contributed by atoms with Gasteiger partial charge in [0.05, 0.1) is 19.3 Å². The van der Waals surface area contributed by atoms with Crippen LogP contribution in [0.15, 0.2) is 0 Å². The zero-order valence-electron chi connectivity index (χ0n) is 10.9. The van der Waals surface area contributed by atoms with Gasteiger partial charge in [0.15, 0.2) is 0 Å². The van der Waals surface area contributed by atoms with E-state index in [0.717, 1.165) is 35.5 Å². The fraction of sp³-hybridized carbons (Fsp3) is 0.571. The van der Waals surface area contributed by atoms with Crippen molar-refractivity contribution in [1.82, 2.24) is 5.32 Å². The minimum atomic E-state index is -0.530. The predicted molar refractivity (Wildman–Crippen MR) is 68.5 cm³/mol. The summed E-state index contributed by atoms with van der Waals surface area (Å²) in [6.45, 7) is 4.04. The van der Waals surface area contributed by atoms with Crippen molar-refractivity contribution in [2.75, 3.05) is 26.8 Å². The average molecular weight is 249 g/mol. The molecule has 0 saturated carbocycles. The number of rotatable bonds is 3. The molecular formula is C14H19NO3. The van der Waals surface area contributed by atoms with Gasteiger partial charge in [0.2, 0.25) is 0 Å². The van der Waals surface area contributed by atoms with Crippen molar-refractivity contribution in [3.8, 4) is 11.5 Å². The third kappa shape index (κ3) is 1.60. The standard InChI is InChI=1S/C14H19NO3/c1-8-9-3-5-18-14(9)12(11(16)7-15-2)10-4-6-17-13(8)10/h11,15-16H,3-7H2,1-2H3. The van der Waals surface area contributed by atoms with Gasteiger partial charge in [0.25, 0.3) is 0 Å². The summed E-state index contributed by atoms with van der Waals surface area (Å²) in [5, 5.41) is 13.4. The van der Waals surface area contributed by atoms with Crippen molar-refractivity contribution in [2.45, 2.75) is 25.9 Å². The van der Waals surface area contributed by atoms with Crippen molar-refractivity contribution in [3.63, 3.8) is 0 Å². The normalized spacial score (nSPS) is 17.9. The summed E-state index contributed by atoms with van der Waals surface area (Å²) < 4.78 is 11.5. The summed E-state index contributed by atoms with van der Waals surface area (Å²) >= 11 is 0. The van der Waals surface area contributed by atoms with E-state index in [-0.39, 0.29) is 0 Å². The first kappa shape index (κ1) is 11.8. The molecule has 0 radical (unpaired) electrons. The van der Waals surface area contributed by atoms with Gasteiger partial charge in [-0.2, -0.15) is 0 Å². The van der Waals surface area contributed by atoms with Crippen molar-refractivity contribution in [1.29, 1.82) is 0 Å². The lowest BCUT2D eigenvalue weighted by molar-refractivity contribution is 0.172. The summed E-state index contributed by atoms with van der Waals surface area (Å²) in [6, 6.07) is 0. The topological polar surface area (TPSA) is 50.7 Å². The molecule has 2 N–H and O–H groups in total. The summed E-state index contributed by atoms with van der Waals surface area (Å²) in [5.74, 6) is 1.88. The quantitative estimate of drug-likeness (QED) is 0.843. The number of benzene rings is 1. The molecule has 1 aromatic rings. The van der Waals surface area contributed by atoms with E-state index in [1.54, 1.807) is 0 Å². The molecule has 1 aromatic carbocycles. The van der Waals surface area contributed by atoms with Crippen molar-refractivity contribution >= 4 is 0 Å². The van der Waals surface area contributed by atoms with Crippen molar-refractivity contribution in [3.05, 3.63) is 22.3 Å². The maximum atomic E-state index is 10.3. The third-order valence-electron chi connectivity index (χ3n) is 3.84. The van der Waals surface area contributed by atoms with Gasteiger partial charge in [0, 0.05) is 36.1 Å². The maximum absolute atomic E-state index is 10.3. The number of ether oxygens (including phenoxy) is 2. The van der Waals surface area contributed by atoms with Crippen LogP contribution < -0.4 is 14.8 Å². The van der Waals surface area contributed by atoms with Crippen LogP contribution in [0.25, 0.3) is 0 Å². The Balaban J connectivity index is 2.18. The highest BCUT2D eigenvalue weighted by molar-refractivity contribution is 5.62. The number of fused-ring (bicyclic) bond motifs is 2. The molecule has 4 heteroatoms. The Labute approximate surface area is 107 Å². The lowest BCUT2D eigenvalue weighted by atomic mass is 9.92. The van der Waals surface area contributed by atoms with Crippen LogP contribution in [-0.2, 0) is 12.8 Å². The molecule has 2 aliphatic heterocycles. The number of hydrogen-bond acceptors (Lipinski definition) is 4. The number of nitrogens with one attached hydrogen (secondary N) is 1. The van der Waals surface area contributed by atoms with Gasteiger partial charge in [-0.1, -0.05) is 0 Å². The van der Waals surface area contributed by atoms with E-state index in [0.29, 0.717) is 19.8 Å². The molecule has 0 aromatic heterocycles. The monoisotopic (exact) mass is 249 g/mol. The van der Waals surface area contributed by atoms with E-state index < -0.39 is 6.10 Å². The molecule has 1 atom stereocenters. The molecule has 0 aliphatic carbocycles. The Hall–Kier alpha value is -1.26. The van der Waals surface area contributed by atoms with Crippen LogP contribution in [0.2, 0.25) is 0 Å². The van der Waals surface area contributed by atoms with Gasteiger partial charge in [-0.3, -0.25) is 0 Å². The molecule has 2 heterocycles. The summed E-state index contributed by atoms with van der Waals surface area (Å²) in [6.07, 6.45) is 1.25. The molecular weight excluding hydrogens is 230 g/mol. The second-order valence-corrected chi connectivity index (χ2v) is 4.92. The Morgan fingerprint density at radius 2 is 1.83 bits per heavy atom. The van der Waals surface area contributed by atoms with E-state index in [4.69, 9.17) is 9.47 Å². The lowest BCUT2D eigenvalue weighted by Crippen LogP contribution is -2.18. The molecule has 0 spiro atoms. The van der Waals surface area contributed by atoms with Gasteiger partial charge in [-0.25, -0.2) is 0 Å². The summed E-state index contributed by atoms with van der Waals surface area (Å²) in [5.41, 5.74) is 4.47. The molecule has 0 bridgehead atoms. The van der Waals surface area contributed by atoms with Crippen LogP contribution in [0.5, 0.6) is 11.5 Å². The van der Waals surface area contributed by atoms with Crippen molar-refractivity contribution < 1.29 is 14.6 Å². The zero-order chi connectivity index (χ0) is 12.7. The molecule has 3 rings (SSSR count). The first-order valence-corrected chi connectivity index (χ1v) is 6.50. The molecule has 4 nitrogen and oxygen atoms in total. The van der Waals surface area contributed by atoms with Crippen LogP contribution >= 0.6 is 0 Å². The van der Waals surface area contributed by atoms with Crippen LogP contribution in [0, 0.1) is 6.92 Å². The Kier molecular flexibility index (Phi) is 2.92. The zero-order valence-corrected chi connectivity index (χ0v) is 10.9. The highest BCUT2D eigenvalue weighted by Crippen LogP contribution is 2.46. The number of aliphatic hydroxyl groups excluding tert-OH is 1. The molecule has 0 saturated heterocycles. The molecule has 18 heavy (non-hydrogen) atoms. The van der Waals surface area contributed by atoms with Gasteiger partial charge < -0.3 is 19.9 Å². The van der Waals surface area contributed by atoms with E-state index in [1.165, 1.54) is 11.1 Å². The molecule has 2 aliphatic rings. The van der Waals surface area contributed by atoms with E-state index in [9.17, 15) is 5.11 Å². The van der Waals surface area contributed by atoms with Crippen LogP contribution in [0.3, 0.4) is 0 Å². The van der Waals surface area contributed by atoms with Crippen LogP contribution in [0.1, 0.15) is 28.4 Å². The van der Waals surface area contributed by atoms with E-state index >= 15 is 0 Å². The Bertz CT molecular complexity index is 449. The van der Waals surface area contributed by atoms with Crippen LogP contribution in [-0.4, -0.2) is 31.9 Å². The fourth-order valence-corrected chi connectivity index (χ4v) is 3.02. The SMILES string of the molecule is CNCC(O)c1c2c(c(C)c3c1OCC3)OCC2. The number of likely N-dealkylation sites (N-methyl/N-ethyl adjacent to an activating group) is 1. The minimum Gasteiger partial charge on any atom is -0.493 e. The van der Waals surface area contributed by atoms with E-state index in [2.05, 4.69) is 12.2 Å². The molecule has 0 fully saturated rings. The van der Waals surface area contributed by atoms with Gasteiger partial charge >= 0.3 is 0 Å². The van der Waals surface area contributed by atoms with Gasteiger partial charge in [-0.05, 0) is 19.5 Å². The van der Waals surface area contributed by atoms with E-state index in [1.807, 2.05) is 7.05 Å². The highest BCUT2D eigenvalue weighted by atomic mass is 16.5. The first-order valence-electron chi connectivity index (χ1n) is 6.50. The lowest BCUT2D eigenvalue weighted by Gasteiger charge is -2.19. The Morgan fingerprint density at radius 3 is 2.56 bits per heavy atom. The van der Waals surface area contributed by atoms with Crippen molar-refractivity contribution in [2.24, 2.45) is 0 Å². The number of hydrogen-bond donors (Lipinski definition) is 2. The average Bonchev–Trinajstić information content (AvgIpc) is 2.97. The second-order valence-electron chi connectivity index (χ2n) is 4.92. The third-order valence-corrected chi connectivity index (χ3v) is 3.84. The highest BCUT2D eigenvalue weighted by Gasteiger charge is 2.32. The van der Waals surface area contributed by atoms with Crippen LogP contribution in [0.4, 0.5) is 0 Å². The molecule has 98 valence electrons. The maximum Gasteiger partial charge on any atom is 0.129 e.